The predicted molar refractivity (Wildman–Crippen MR) is 77.4 cm³/mol. The Bertz CT molecular complexity index is 613. The van der Waals surface area contributed by atoms with E-state index in [2.05, 4.69) is 37.3 Å². The van der Waals surface area contributed by atoms with E-state index in [-0.39, 0.29) is 5.92 Å². The van der Waals surface area contributed by atoms with E-state index in [4.69, 9.17) is 0 Å². The van der Waals surface area contributed by atoms with Crippen molar-refractivity contribution < 1.29 is 4.79 Å². The maximum atomic E-state index is 12.5. The molecule has 1 nitrogen and oxygen atoms in total. The van der Waals surface area contributed by atoms with Crippen LogP contribution >= 0.6 is 0 Å². The lowest BCUT2D eigenvalue weighted by Gasteiger charge is -2.10. The fraction of sp³-hybridized carbons (Fsp3) is 0.278. The molecule has 3 rings (SSSR count). The third kappa shape index (κ3) is 2.46. The number of hydrogen-bond donors (Lipinski definition) is 0. The number of ketones is 1. The minimum absolute atomic E-state index is 0.108. The maximum Gasteiger partial charge on any atom is 0.144 e. The van der Waals surface area contributed by atoms with Crippen LogP contribution in [0, 0.1) is 6.92 Å². The summed E-state index contributed by atoms with van der Waals surface area (Å²) >= 11 is 0. The third-order valence-corrected chi connectivity index (χ3v) is 3.98. The van der Waals surface area contributed by atoms with E-state index >= 15 is 0 Å². The number of carbonyl (C=O) groups is 1. The second-order valence-electron chi connectivity index (χ2n) is 5.42. The number of rotatable bonds is 3. The maximum absolute atomic E-state index is 12.5. The van der Waals surface area contributed by atoms with E-state index in [1.807, 2.05) is 18.2 Å². The molecule has 0 aromatic heterocycles. The number of fused-ring (bicyclic) bond motifs is 1. The van der Waals surface area contributed by atoms with E-state index in [0.717, 1.165) is 18.4 Å². The first-order chi connectivity index (χ1) is 9.24. The van der Waals surface area contributed by atoms with Crippen LogP contribution in [0.4, 0.5) is 0 Å². The monoisotopic (exact) mass is 250 g/mol. The Kier molecular flexibility index (Phi) is 3.20. The summed E-state index contributed by atoms with van der Waals surface area (Å²) in [6, 6.07) is 16.6. The Balaban J connectivity index is 1.79. The van der Waals surface area contributed by atoms with Crippen molar-refractivity contribution in [3.63, 3.8) is 0 Å². The van der Waals surface area contributed by atoms with Crippen LogP contribution in [0.15, 0.2) is 48.5 Å². The van der Waals surface area contributed by atoms with Crippen LogP contribution in [0.2, 0.25) is 0 Å². The topological polar surface area (TPSA) is 17.1 Å². The van der Waals surface area contributed by atoms with Crippen LogP contribution in [0.1, 0.15) is 34.6 Å². The summed E-state index contributed by atoms with van der Waals surface area (Å²) in [5, 5.41) is 0. The Morgan fingerprint density at radius 3 is 2.84 bits per heavy atom. The van der Waals surface area contributed by atoms with Crippen molar-refractivity contribution in [1.29, 1.82) is 0 Å². The zero-order valence-electron chi connectivity index (χ0n) is 11.2. The van der Waals surface area contributed by atoms with Gasteiger partial charge in [0.15, 0.2) is 0 Å². The molecule has 1 atom stereocenters. The first-order valence-electron chi connectivity index (χ1n) is 6.90. The van der Waals surface area contributed by atoms with Gasteiger partial charge in [0.1, 0.15) is 5.78 Å². The molecule has 19 heavy (non-hydrogen) atoms. The van der Waals surface area contributed by atoms with Gasteiger partial charge in [0.2, 0.25) is 0 Å². The van der Waals surface area contributed by atoms with Gasteiger partial charge in [-0.3, -0.25) is 4.79 Å². The highest BCUT2D eigenvalue weighted by atomic mass is 16.1. The molecule has 0 bridgehead atoms. The highest BCUT2D eigenvalue weighted by Crippen LogP contribution is 2.34. The molecule has 1 unspecified atom stereocenters. The summed E-state index contributed by atoms with van der Waals surface area (Å²) in [7, 11) is 0. The second kappa shape index (κ2) is 5.00. The quantitative estimate of drug-likeness (QED) is 0.809. The molecule has 1 heteroatoms. The SMILES string of the molecule is Cc1cccc(CC(=O)C2CCc3ccccc32)c1. The van der Waals surface area contributed by atoms with E-state index in [9.17, 15) is 4.79 Å². The normalized spacial score (nSPS) is 17.2. The van der Waals surface area contributed by atoms with Crippen molar-refractivity contribution in [2.75, 3.05) is 0 Å². The van der Waals surface area contributed by atoms with Crippen LogP contribution in [0.25, 0.3) is 0 Å². The van der Waals surface area contributed by atoms with E-state index in [1.54, 1.807) is 0 Å². The van der Waals surface area contributed by atoms with Crippen LogP contribution in [0.5, 0.6) is 0 Å². The number of benzene rings is 2. The molecule has 0 fully saturated rings. The smallest absolute Gasteiger partial charge is 0.144 e. The van der Waals surface area contributed by atoms with Gasteiger partial charge in [0.05, 0.1) is 0 Å². The number of Topliss-reactive ketones (excluding diaryl/α,β-unsaturated/α-hetero) is 1. The minimum Gasteiger partial charge on any atom is -0.299 e. The molecular weight excluding hydrogens is 232 g/mol. The van der Waals surface area contributed by atoms with Crippen molar-refractivity contribution in [2.24, 2.45) is 0 Å². The van der Waals surface area contributed by atoms with Crippen molar-refractivity contribution in [1.82, 2.24) is 0 Å². The standard InChI is InChI=1S/C18H18O/c1-13-5-4-6-14(11-13)12-18(19)17-10-9-15-7-2-3-8-16(15)17/h2-8,11,17H,9-10,12H2,1H3. The molecule has 0 saturated heterocycles. The van der Waals surface area contributed by atoms with Crippen molar-refractivity contribution in [3.05, 3.63) is 70.8 Å². The predicted octanol–water partition coefficient (Wildman–Crippen LogP) is 3.84. The summed E-state index contributed by atoms with van der Waals surface area (Å²) in [6.45, 7) is 2.07. The van der Waals surface area contributed by atoms with Gasteiger partial charge in [-0.1, -0.05) is 54.1 Å². The number of aryl methyl sites for hydroxylation is 2. The van der Waals surface area contributed by atoms with Crippen LogP contribution in [-0.4, -0.2) is 5.78 Å². The minimum atomic E-state index is 0.108. The summed E-state index contributed by atoms with van der Waals surface area (Å²) in [4.78, 5) is 12.5. The molecule has 2 aromatic carbocycles. The summed E-state index contributed by atoms with van der Waals surface area (Å²) < 4.78 is 0. The molecule has 0 spiro atoms. The van der Waals surface area contributed by atoms with Crippen LogP contribution in [0.3, 0.4) is 0 Å². The summed E-state index contributed by atoms with van der Waals surface area (Å²) in [6.07, 6.45) is 2.57. The number of carbonyl (C=O) groups excluding carboxylic acids is 1. The fourth-order valence-electron chi connectivity index (χ4n) is 3.04. The van der Waals surface area contributed by atoms with Gasteiger partial charge >= 0.3 is 0 Å². The number of hydrogen-bond acceptors (Lipinski definition) is 1. The lowest BCUT2D eigenvalue weighted by Crippen LogP contribution is -2.12. The van der Waals surface area contributed by atoms with Gasteiger partial charge in [-0.15, -0.1) is 0 Å². The van der Waals surface area contributed by atoms with Gasteiger partial charge in [-0.25, -0.2) is 0 Å². The first kappa shape index (κ1) is 12.2. The van der Waals surface area contributed by atoms with Gasteiger partial charge in [0, 0.05) is 12.3 Å². The third-order valence-electron chi connectivity index (χ3n) is 3.98. The van der Waals surface area contributed by atoms with Gasteiger partial charge in [-0.05, 0) is 36.5 Å². The molecule has 0 saturated carbocycles. The van der Waals surface area contributed by atoms with Crippen molar-refractivity contribution >= 4 is 5.78 Å². The molecular formula is C18H18O. The molecule has 1 aliphatic carbocycles. The fourth-order valence-corrected chi connectivity index (χ4v) is 3.04. The van der Waals surface area contributed by atoms with E-state index < -0.39 is 0 Å². The van der Waals surface area contributed by atoms with Crippen LogP contribution in [-0.2, 0) is 17.6 Å². The Hall–Kier alpha value is -1.89. The van der Waals surface area contributed by atoms with Crippen molar-refractivity contribution in [2.45, 2.75) is 32.1 Å². The summed E-state index contributed by atoms with van der Waals surface area (Å²) in [5.74, 6) is 0.465. The second-order valence-corrected chi connectivity index (χ2v) is 5.42. The van der Waals surface area contributed by atoms with Crippen LogP contribution < -0.4 is 0 Å². The van der Waals surface area contributed by atoms with E-state index in [1.165, 1.54) is 16.7 Å². The average Bonchev–Trinajstić information content (AvgIpc) is 2.82. The summed E-state index contributed by atoms with van der Waals surface area (Å²) in [5.41, 5.74) is 4.96. The van der Waals surface area contributed by atoms with Gasteiger partial charge in [-0.2, -0.15) is 0 Å². The average molecular weight is 250 g/mol. The van der Waals surface area contributed by atoms with E-state index in [0.29, 0.717) is 12.2 Å². The molecule has 1 aliphatic rings. The zero-order valence-corrected chi connectivity index (χ0v) is 11.2. The van der Waals surface area contributed by atoms with Gasteiger partial charge in [0.25, 0.3) is 0 Å². The Labute approximate surface area is 114 Å². The lowest BCUT2D eigenvalue weighted by molar-refractivity contribution is -0.119. The molecule has 0 radical (unpaired) electrons. The zero-order chi connectivity index (χ0) is 13.2. The van der Waals surface area contributed by atoms with Crippen molar-refractivity contribution in [3.8, 4) is 0 Å². The Morgan fingerprint density at radius 1 is 1.16 bits per heavy atom. The first-order valence-corrected chi connectivity index (χ1v) is 6.90. The molecule has 0 heterocycles. The molecule has 96 valence electrons. The highest BCUT2D eigenvalue weighted by Gasteiger charge is 2.27. The largest absolute Gasteiger partial charge is 0.299 e. The molecule has 2 aromatic rings. The lowest BCUT2D eigenvalue weighted by atomic mass is 9.92. The molecule has 0 N–H and O–H groups in total. The highest BCUT2D eigenvalue weighted by molar-refractivity contribution is 5.88. The molecule has 0 amide bonds. The van der Waals surface area contributed by atoms with Gasteiger partial charge < -0.3 is 0 Å². The molecule has 0 aliphatic heterocycles. The Morgan fingerprint density at radius 2 is 2.00 bits per heavy atom.